The van der Waals surface area contributed by atoms with Crippen LogP contribution in [0.15, 0.2) is 60.8 Å². The van der Waals surface area contributed by atoms with Gasteiger partial charge in [-0.15, -0.1) is 0 Å². The molecule has 0 aliphatic rings. The van der Waals surface area contributed by atoms with Crippen LogP contribution in [0.4, 0.5) is 5.69 Å². The zero-order valence-corrected chi connectivity index (χ0v) is 11.1. The number of rotatable bonds is 2. The van der Waals surface area contributed by atoms with E-state index in [1.807, 2.05) is 55.5 Å². The van der Waals surface area contributed by atoms with Gasteiger partial charge in [-0.2, -0.15) is 0 Å². The predicted octanol–water partition coefficient (Wildman–Crippen LogP) is 3.80. The van der Waals surface area contributed by atoms with Crippen molar-refractivity contribution in [2.75, 3.05) is 5.32 Å². The first-order valence-corrected chi connectivity index (χ1v) is 6.46. The van der Waals surface area contributed by atoms with Gasteiger partial charge in [-0.25, -0.2) is 0 Å². The first kappa shape index (κ1) is 12.4. The van der Waals surface area contributed by atoms with E-state index in [1.54, 1.807) is 12.3 Å². The molecule has 3 heteroatoms. The smallest absolute Gasteiger partial charge is 0.256 e. The Bertz CT molecular complexity index is 775. The van der Waals surface area contributed by atoms with E-state index in [0.717, 1.165) is 22.2 Å². The van der Waals surface area contributed by atoms with Crippen molar-refractivity contribution in [2.24, 2.45) is 0 Å². The first-order chi connectivity index (χ1) is 9.74. The van der Waals surface area contributed by atoms with Crippen molar-refractivity contribution in [2.45, 2.75) is 6.92 Å². The van der Waals surface area contributed by atoms with E-state index in [-0.39, 0.29) is 5.91 Å². The molecule has 0 aliphatic carbocycles. The fraction of sp³-hybridized carbons (Fsp3) is 0.0588. The summed E-state index contributed by atoms with van der Waals surface area (Å²) in [5.41, 5.74) is 2.31. The standard InChI is InChI=1S/C17H14N2O/c1-12-11-14(9-10-18-12)19-17(20)16-8-4-6-13-5-2-3-7-15(13)16/h2-11H,1H3,(H,18,19,20). The third kappa shape index (κ3) is 2.38. The second-order valence-electron chi connectivity index (χ2n) is 4.67. The molecule has 1 N–H and O–H groups in total. The van der Waals surface area contributed by atoms with Gasteiger partial charge in [0, 0.05) is 23.1 Å². The molecule has 0 atom stereocenters. The Kier molecular flexibility index (Phi) is 3.17. The quantitative estimate of drug-likeness (QED) is 0.763. The number of nitrogens with zero attached hydrogens (tertiary/aromatic N) is 1. The third-order valence-electron chi connectivity index (χ3n) is 3.19. The lowest BCUT2D eigenvalue weighted by Crippen LogP contribution is -2.12. The molecular formula is C17H14N2O. The van der Waals surface area contributed by atoms with Crippen LogP contribution in [0.1, 0.15) is 16.1 Å². The maximum Gasteiger partial charge on any atom is 0.256 e. The van der Waals surface area contributed by atoms with Gasteiger partial charge >= 0.3 is 0 Å². The molecule has 0 fully saturated rings. The number of anilines is 1. The fourth-order valence-electron chi connectivity index (χ4n) is 2.25. The number of carbonyl (C=O) groups excluding carboxylic acids is 1. The number of hydrogen-bond donors (Lipinski definition) is 1. The molecule has 20 heavy (non-hydrogen) atoms. The molecule has 1 amide bonds. The molecule has 2 aromatic carbocycles. The van der Waals surface area contributed by atoms with Gasteiger partial charge in [-0.1, -0.05) is 36.4 Å². The summed E-state index contributed by atoms with van der Waals surface area (Å²) in [7, 11) is 0. The van der Waals surface area contributed by atoms with Gasteiger partial charge in [0.1, 0.15) is 0 Å². The van der Waals surface area contributed by atoms with Crippen molar-refractivity contribution in [1.29, 1.82) is 0 Å². The van der Waals surface area contributed by atoms with Crippen molar-refractivity contribution in [3.8, 4) is 0 Å². The predicted molar refractivity (Wildman–Crippen MR) is 80.9 cm³/mol. The Morgan fingerprint density at radius 1 is 1.05 bits per heavy atom. The van der Waals surface area contributed by atoms with E-state index in [0.29, 0.717) is 5.56 Å². The summed E-state index contributed by atoms with van der Waals surface area (Å²) in [6.45, 7) is 1.90. The number of nitrogens with one attached hydrogen (secondary N) is 1. The highest BCUT2D eigenvalue weighted by Crippen LogP contribution is 2.19. The lowest BCUT2D eigenvalue weighted by molar-refractivity contribution is 0.102. The van der Waals surface area contributed by atoms with E-state index in [1.165, 1.54) is 0 Å². The molecule has 3 aromatic rings. The van der Waals surface area contributed by atoms with Crippen LogP contribution in [0.5, 0.6) is 0 Å². The van der Waals surface area contributed by atoms with E-state index in [2.05, 4.69) is 10.3 Å². The molecule has 1 heterocycles. The van der Waals surface area contributed by atoms with Gasteiger partial charge in [-0.05, 0) is 35.9 Å². The Morgan fingerprint density at radius 3 is 2.70 bits per heavy atom. The van der Waals surface area contributed by atoms with Gasteiger partial charge in [0.05, 0.1) is 0 Å². The maximum absolute atomic E-state index is 12.4. The number of aryl methyl sites for hydroxylation is 1. The highest BCUT2D eigenvalue weighted by molar-refractivity contribution is 6.12. The summed E-state index contributed by atoms with van der Waals surface area (Å²) < 4.78 is 0. The topological polar surface area (TPSA) is 42.0 Å². The van der Waals surface area contributed by atoms with Gasteiger partial charge in [0.15, 0.2) is 0 Å². The molecule has 0 aliphatic heterocycles. The Hall–Kier alpha value is -2.68. The highest BCUT2D eigenvalue weighted by atomic mass is 16.1. The maximum atomic E-state index is 12.4. The monoisotopic (exact) mass is 262 g/mol. The number of aromatic nitrogens is 1. The number of carbonyl (C=O) groups is 1. The van der Waals surface area contributed by atoms with Gasteiger partial charge < -0.3 is 5.32 Å². The molecule has 0 saturated carbocycles. The van der Waals surface area contributed by atoms with Crippen molar-refractivity contribution in [3.05, 3.63) is 72.1 Å². The SMILES string of the molecule is Cc1cc(NC(=O)c2cccc3ccccc23)ccn1. The Labute approximate surface area is 117 Å². The van der Waals surface area contributed by atoms with Crippen molar-refractivity contribution in [1.82, 2.24) is 4.98 Å². The molecule has 0 radical (unpaired) electrons. The van der Waals surface area contributed by atoms with Crippen LogP contribution in [0.25, 0.3) is 10.8 Å². The molecule has 1 aromatic heterocycles. The van der Waals surface area contributed by atoms with Crippen LogP contribution in [-0.4, -0.2) is 10.9 Å². The summed E-state index contributed by atoms with van der Waals surface area (Å²) >= 11 is 0. The zero-order chi connectivity index (χ0) is 13.9. The van der Waals surface area contributed by atoms with Crippen LogP contribution in [-0.2, 0) is 0 Å². The van der Waals surface area contributed by atoms with Crippen molar-refractivity contribution >= 4 is 22.4 Å². The molecule has 0 spiro atoms. The summed E-state index contributed by atoms with van der Waals surface area (Å²) in [5.74, 6) is -0.104. The van der Waals surface area contributed by atoms with Crippen LogP contribution < -0.4 is 5.32 Å². The first-order valence-electron chi connectivity index (χ1n) is 6.46. The summed E-state index contributed by atoms with van der Waals surface area (Å²) in [4.78, 5) is 16.5. The normalized spacial score (nSPS) is 10.4. The van der Waals surface area contributed by atoms with Crippen molar-refractivity contribution in [3.63, 3.8) is 0 Å². The van der Waals surface area contributed by atoms with Gasteiger partial charge in [0.25, 0.3) is 5.91 Å². The molecule has 0 bridgehead atoms. The zero-order valence-electron chi connectivity index (χ0n) is 11.1. The molecular weight excluding hydrogens is 248 g/mol. The molecule has 3 rings (SSSR count). The summed E-state index contributed by atoms with van der Waals surface area (Å²) in [5, 5.41) is 4.93. The Balaban J connectivity index is 1.97. The van der Waals surface area contributed by atoms with Crippen LogP contribution in [0, 0.1) is 6.92 Å². The number of fused-ring (bicyclic) bond motifs is 1. The highest BCUT2D eigenvalue weighted by Gasteiger charge is 2.09. The number of amides is 1. The second kappa shape index (κ2) is 5.13. The lowest BCUT2D eigenvalue weighted by atomic mass is 10.0. The molecule has 3 nitrogen and oxygen atoms in total. The average Bonchev–Trinajstić information content (AvgIpc) is 2.46. The number of hydrogen-bond acceptors (Lipinski definition) is 2. The summed E-state index contributed by atoms with van der Waals surface area (Å²) in [6.07, 6.45) is 1.69. The van der Waals surface area contributed by atoms with Gasteiger partial charge in [-0.3, -0.25) is 9.78 Å². The third-order valence-corrected chi connectivity index (χ3v) is 3.19. The average molecular weight is 262 g/mol. The second-order valence-corrected chi connectivity index (χ2v) is 4.67. The van der Waals surface area contributed by atoms with Crippen LogP contribution in [0.3, 0.4) is 0 Å². The van der Waals surface area contributed by atoms with Crippen molar-refractivity contribution < 1.29 is 4.79 Å². The van der Waals surface area contributed by atoms with E-state index in [4.69, 9.17) is 0 Å². The molecule has 0 unspecified atom stereocenters. The van der Waals surface area contributed by atoms with E-state index in [9.17, 15) is 4.79 Å². The minimum absolute atomic E-state index is 0.104. The van der Waals surface area contributed by atoms with E-state index >= 15 is 0 Å². The molecule has 0 saturated heterocycles. The van der Waals surface area contributed by atoms with Crippen LogP contribution >= 0.6 is 0 Å². The molecule has 98 valence electrons. The lowest BCUT2D eigenvalue weighted by Gasteiger charge is -2.08. The number of pyridine rings is 1. The summed E-state index contributed by atoms with van der Waals surface area (Å²) in [6, 6.07) is 17.2. The van der Waals surface area contributed by atoms with Crippen LogP contribution in [0.2, 0.25) is 0 Å². The fourth-order valence-corrected chi connectivity index (χ4v) is 2.25. The minimum Gasteiger partial charge on any atom is -0.322 e. The van der Waals surface area contributed by atoms with E-state index < -0.39 is 0 Å². The minimum atomic E-state index is -0.104. The number of benzene rings is 2. The largest absolute Gasteiger partial charge is 0.322 e. The Morgan fingerprint density at radius 2 is 1.85 bits per heavy atom. The van der Waals surface area contributed by atoms with Gasteiger partial charge in [0.2, 0.25) is 0 Å².